The number of carboxylic acid groups (broad SMARTS) is 1. The fourth-order valence-electron chi connectivity index (χ4n) is 1.54. The van der Waals surface area contributed by atoms with Crippen LogP contribution in [0.5, 0.6) is 0 Å². The van der Waals surface area contributed by atoms with Crippen LogP contribution in [0.4, 0.5) is 10.5 Å². The van der Waals surface area contributed by atoms with Gasteiger partial charge in [-0.25, -0.2) is 9.59 Å². The maximum absolute atomic E-state index is 11.6. The number of anilines is 1. The molecule has 6 nitrogen and oxygen atoms in total. The molecule has 0 aromatic heterocycles. The van der Waals surface area contributed by atoms with Crippen LogP contribution in [0.2, 0.25) is 0 Å². The van der Waals surface area contributed by atoms with Crippen molar-refractivity contribution in [3.05, 3.63) is 28.2 Å². The Hall–Kier alpha value is -1.60. The second kappa shape index (κ2) is 7.86. The molecule has 1 aromatic carbocycles. The molecule has 0 aliphatic carbocycles. The van der Waals surface area contributed by atoms with Crippen molar-refractivity contribution in [1.82, 2.24) is 10.2 Å². The molecule has 0 atom stereocenters. The lowest BCUT2D eigenvalue weighted by atomic mass is 10.2. The Bertz CT molecular complexity index is 492. The van der Waals surface area contributed by atoms with Gasteiger partial charge in [0.15, 0.2) is 0 Å². The average Bonchev–Trinajstić information content (AvgIpc) is 2.36. The second-order valence-electron chi connectivity index (χ2n) is 4.54. The molecule has 110 valence electrons. The average molecular weight is 344 g/mol. The number of benzene rings is 1. The summed E-state index contributed by atoms with van der Waals surface area (Å²) in [5, 5.41) is 14.3. The topological polar surface area (TPSA) is 81.7 Å². The van der Waals surface area contributed by atoms with Crippen molar-refractivity contribution >= 4 is 33.6 Å². The number of rotatable bonds is 6. The van der Waals surface area contributed by atoms with E-state index in [2.05, 4.69) is 26.6 Å². The minimum Gasteiger partial charge on any atom is -0.478 e. The lowest BCUT2D eigenvalue weighted by Crippen LogP contribution is -2.31. The van der Waals surface area contributed by atoms with Gasteiger partial charge in [0.25, 0.3) is 0 Å². The minimum absolute atomic E-state index is 0.107. The monoisotopic (exact) mass is 343 g/mol. The van der Waals surface area contributed by atoms with Crippen LogP contribution in [-0.4, -0.2) is 49.2 Å². The van der Waals surface area contributed by atoms with E-state index in [1.54, 1.807) is 12.1 Å². The molecule has 0 spiro atoms. The number of nitrogens with one attached hydrogen (secondary N) is 2. The second-order valence-corrected chi connectivity index (χ2v) is 5.39. The molecule has 1 rings (SSSR count). The van der Waals surface area contributed by atoms with Gasteiger partial charge >= 0.3 is 12.0 Å². The van der Waals surface area contributed by atoms with Gasteiger partial charge < -0.3 is 20.6 Å². The molecule has 3 N–H and O–H groups in total. The zero-order chi connectivity index (χ0) is 15.1. The van der Waals surface area contributed by atoms with E-state index in [1.165, 1.54) is 6.07 Å². The lowest BCUT2D eigenvalue weighted by Gasteiger charge is -2.11. The number of aromatic carboxylic acids is 1. The van der Waals surface area contributed by atoms with Crippen LogP contribution in [-0.2, 0) is 0 Å². The van der Waals surface area contributed by atoms with E-state index in [0.29, 0.717) is 16.7 Å². The van der Waals surface area contributed by atoms with E-state index in [9.17, 15) is 9.59 Å². The maximum atomic E-state index is 11.6. The summed E-state index contributed by atoms with van der Waals surface area (Å²) >= 11 is 3.15. The Morgan fingerprint density at radius 1 is 1.35 bits per heavy atom. The number of carbonyl (C=O) groups excluding carboxylic acids is 1. The van der Waals surface area contributed by atoms with Gasteiger partial charge in [0.2, 0.25) is 0 Å². The van der Waals surface area contributed by atoms with Crippen molar-refractivity contribution in [2.45, 2.75) is 6.42 Å². The quantitative estimate of drug-likeness (QED) is 0.691. The first-order chi connectivity index (χ1) is 9.40. The first-order valence-electron chi connectivity index (χ1n) is 6.12. The van der Waals surface area contributed by atoms with Gasteiger partial charge in [0.05, 0.1) is 5.56 Å². The summed E-state index contributed by atoms with van der Waals surface area (Å²) in [5.74, 6) is -1.05. The molecule has 0 heterocycles. The molecule has 0 aliphatic heterocycles. The van der Waals surface area contributed by atoms with Crippen molar-refractivity contribution in [2.75, 3.05) is 32.5 Å². The van der Waals surface area contributed by atoms with Gasteiger partial charge in [-0.05, 0) is 61.2 Å². The van der Waals surface area contributed by atoms with E-state index in [4.69, 9.17) is 5.11 Å². The Labute approximate surface area is 126 Å². The zero-order valence-electron chi connectivity index (χ0n) is 11.4. The van der Waals surface area contributed by atoms with Gasteiger partial charge in [0, 0.05) is 16.7 Å². The normalized spacial score (nSPS) is 10.4. The predicted molar refractivity (Wildman–Crippen MR) is 81.3 cm³/mol. The van der Waals surface area contributed by atoms with E-state index in [0.717, 1.165) is 13.0 Å². The molecule has 0 radical (unpaired) electrons. The van der Waals surface area contributed by atoms with Crippen LogP contribution in [0, 0.1) is 0 Å². The molecule has 0 unspecified atom stereocenters. The van der Waals surface area contributed by atoms with Gasteiger partial charge in [-0.3, -0.25) is 0 Å². The summed E-state index contributed by atoms with van der Waals surface area (Å²) in [6.45, 7) is 1.45. The zero-order valence-corrected chi connectivity index (χ0v) is 13.0. The molecule has 0 bridgehead atoms. The summed E-state index contributed by atoms with van der Waals surface area (Å²) < 4.78 is 0.474. The van der Waals surface area contributed by atoms with Gasteiger partial charge in [0.1, 0.15) is 0 Å². The predicted octanol–water partition coefficient (Wildman–Crippen LogP) is 2.22. The van der Waals surface area contributed by atoms with Crippen LogP contribution in [0.15, 0.2) is 22.7 Å². The number of urea groups is 1. The van der Waals surface area contributed by atoms with Gasteiger partial charge in [-0.2, -0.15) is 0 Å². The highest BCUT2D eigenvalue weighted by Crippen LogP contribution is 2.21. The molecular formula is C13H18BrN3O3. The van der Waals surface area contributed by atoms with Crippen LogP contribution < -0.4 is 10.6 Å². The van der Waals surface area contributed by atoms with Crippen LogP contribution in [0.1, 0.15) is 16.8 Å². The van der Waals surface area contributed by atoms with E-state index in [1.807, 2.05) is 19.0 Å². The van der Waals surface area contributed by atoms with E-state index >= 15 is 0 Å². The highest BCUT2D eigenvalue weighted by molar-refractivity contribution is 9.10. The summed E-state index contributed by atoms with van der Waals surface area (Å²) in [7, 11) is 3.94. The fraction of sp³-hybridized carbons (Fsp3) is 0.385. The van der Waals surface area contributed by atoms with Crippen molar-refractivity contribution in [2.24, 2.45) is 0 Å². The third kappa shape index (κ3) is 5.58. The first-order valence-corrected chi connectivity index (χ1v) is 6.92. The number of amides is 2. The number of hydrogen-bond donors (Lipinski definition) is 3. The summed E-state index contributed by atoms with van der Waals surface area (Å²) in [6, 6.07) is 4.29. The Morgan fingerprint density at radius 2 is 2.05 bits per heavy atom. The van der Waals surface area contributed by atoms with Crippen molar-refractivity contribution in [1.29, 1.82) is 0 Å². The molecular weight excluding hydrogens is 326 g/mol. The molecule has 0 saturated carbocycles. The maximum Gasteiger partial charge on any atom is 0.336 e. The highest BCUT2D eigenvalue weighted by atomic mass is 79.9. The third-order valence-corrected chi connectivity index (χ3v) is 3.21. The van der Waals surface area contributed by atoms with Crippen molar-refractivity contribution in [3.8, 4) is 0 Å². The van der Waals surface area contributed by atoms with E-state index < -0.39 is 5.97 Å². The smallest absolute Gasteiger partial charge is 0.336 e. The van der Waals surface area contributed by atoms with Gasteiger partial charge in [-0.15, -0.1) is 0 Å². The van der Waals surface area contributed by atoms with Gasteiger partial charge in [-0.1, -0.05) is 0 Å². The summed E-state index contributed by atoms with van der Waals surface area (Å²) in [4.78, 5) is 24.6. The molecule has 0 aliphatic rings. The van der Waals surface area contributed by atoms with Crippen molar-refractivity contribution < 1.29 is 14.7 Å². The molecule has 0 fully saturated rings. The number of carbonyl (C=O) groups is 2. The minimum atomic E-state index is -1.05. The van der Waals surface area contributed by atoms with Crippen molar-refractivity contribution in [3.63, 3.8) is 0 Å². The molecule has 20 heavy (non-hydrogen) atoms. The standard InChI is InChI=1S/C13H18BrN3O3/c1-17(2)7-3-6-15-13(20)16-9-4-5-11(14)10(8-9)12(18)19/h4-5,8H,3,6-7H2,1-2H3,(H,18,19)(H2,15,16,20). The molecule has 0 saturated heterocycles. The van der Waals surface area contributed by atoms with Crippen LogP contribution in [0.25, 0.3) is 0 Å². The van der Waals surface area contributed by atoms with Crippen LogP contribution >= 0.6 is 15.9 Å². The largest absolute Gasteiger partial charge is 0.478 e. The fourth-order valence-corrected chi connectivity index (χ4v) is 1.96. The number of carboxylic acids is 1. The van der Waals surface area contributed by atoms with E-state index in [-0.39, 0.29) is 11.6 Å². The number of halogens is 1. The number of hydrogen-bond acceptors (Lipinski definition) is 3. The molecule has 7 heteroatoms. The molecule has 1 aromatic rings. The SMILES string of the molecule is CN(C)CCCNC(=O)Nc1ccc(Br)c(C(=O)O)c1. The number of nitrogens with zero attached hydrogens (tertiary/aromatic N) is 1. The lowest BCUT2D eigenvalue weighted by molar-refractivity contribution is 0.0696. The Morgan fingerprint density at radius 3 is 2.65 bits per heavy atom. The third-order valence-electron chi connectivity index (χ3n) is 2.52. The molecule has 2 amide bonds. The first kappa shape index (κ1) is 16.5. The Balaban J connectivity index is 2.50. The highest BCUT2D eigenvalue weighted by Gasteiger charge is 2.10. The summed E-state index contributed by atoms with van der Waals surface area (Å²) in [6.07, 6.45) is 0.848. The summed E-state index contributed by atoms with van der Waals surface area (Å²) in [5.41, 5.74) is 0.547. The van der Waals surface area contributed by atoms with Crippen LogP contribution in [0.3, 0.4) is 0 Å². The Kier molecular flexibility index (Phi) is 6.47.